The summed E-state index contributed by atoms with van der Waals surface area (Å²) in [6.45, 7) is 0. The van der Waals surface area contributed by atoms with Crippen LogP contribution in [0.15, 0.2) is 46.4 Å². The Balaban J connectivity index is 2.12. The molecule has 5 heteroatoms. The highest BCUT2D eigenvalue weighted by atomic mass is 16.1. The van der Waals surface area contributed by atoms with Gasteiger partial charge in [-0.05, 0) is 53.9 Å². The lowest BCUT2D eigenvalue weighted by Crippen LogP contribution is -2.14. The lowest BCUT2D eigenvalue weighted by atomic mass is 9.84. The molecule has 0 spiro atoms. The standard InChI is InChI=1S/C16H8N2O3/c19-8-17-12-1-3-14-10(6-12)5-11-7-13(18-9-20)2-4-15(11)16(14)21/h1-4,6-7H,5H2. The second kappa shape index (κ2) is 5.10. The van der Waals surface area contributed by atoms with Crippen LogP contribution in [0, 0.1) is 0 Å². The van der Waals surface area contributed by atoms with E-state index in [-0.39, 0.29) is 5.78 Å². The van der Waals surface area contributed by atoms with Crippen LogP contribution in [0.25, 0.3) is 0 Å². The molecule has 3 rings (SSSR count). The molecule has 0 heterocycles. The number of aliphatic imine (C=N–C) groups is 2. The minimum Gasteiger partial charge on any atom is -0.289 e. The SMILES string of the molecule is O=C=Nc1ccc2c(c1)Cc1cc(N=C=O)ccc1C2=O. The summed E-state index contributed by atoms with van der Waals surface area (Å²) in [6.07, 6.45) is 3.47. The molecule has 0 atom stereocenters. The van der Waals surface area contributed by atoms with Gasteiger partial charge in [0.2, 0.25) is 12.2 Å². The van der Waals surface area contributed by atoms with Crippen LogP contribution >= 0.6 is 0 Å². The molecule has 0 saturated carbocycles. The fraction of sp³-hybridized carbons (Fsp3) is 0.0625. The number of carbonyl (C=O) groups is 1. The van der Waals surface area contributed by atoms with Gasteiger partial charge in [-0.2, -0.15) is 9.98 Å². The largest absolute Gasteiger partial charge is 0.289 e. The summed E-state index contributed by atoms with van der Waals surface area (Å²) < 4.78 is 0. The topological polar surface area (TPSA) is 75.9 Å². The highest BCUT2D eigenvalue weighted by Gasteiger charge is 2.23. The molecule has 0 aromatic heterocycles. The maximum absolute atomic E-state index is 12.4. The van der Waals surface area contributed by atoms with E-state index in [1.165, 1.54) is 12.2 Å². The zero-order chi connectivity index (χ0) is 14.8. The maximum atomic E-state index is 12.4. The monoisotopic (exact) mass is 276 g/mol. The molecule has 0 bridgehead atoms. The summed E-state index contributed by atoms with van der Waals surface area (Å²) in [5, 5.41) is 0. The van der Waals surface area contributed by atoms with Crippen molar-refractivity contribution in [2.24, 2.45) is 9.98 Å². The zero-order valence-electron chi connectivity index (χ0n) is 10.8. The summed E-state index contributed by atoms with van der Waals surface area (Å²) in [6, 6.07) is 9.92. The molecular weight excluding hydrogens is 268 g/mol. The average Bonchev–Trinajstić information content (AvgIpc) is 2.48. The van der Waals surface area contributed by atoms with Crippen molar-refractivity contribution in [1.29, 1.82) is 0 Å². The van der Waals surface area contributed by atoms with Gasteiger partial charge in [-0.3, -0.25) is 4.79 Å². The van der Waals surface area contributed by atoms with Crippen molar-refractivity contribution in [3.05, 3.63) is 58.7 Å². The summed E-state index contributed by atoms with van der Waals surface area (Å²) in [5.74, 6) is -0.0884. The van der Waals surface area contributed by atoms with Crippen LogP contribution < -0.4 is 0 Å². The average molecular weight is 276 g/mol. The molecule has 0 N–H and O–H groups in total. The van der Waals surface area contributed by atoms with E-state index in [4.69, 9.17) is 0 Å². The van der Waals surface area contributed by atoms with Gasteiger partial charge in [0.05, 0.1) is 11.4 Å². The van der Waals surface area contributed by atoms with Crippen LogP contribution in [-0.4, -0.2) is 17.9 Å². The van der Waals surface area contributed by atoms with E-state index in [1.807, 2.05) is 0 Å². The van der Waals surface area contributed by atoms with E-state index in [0.717, 1.165) is 11.1 Å². The number of benzene rings is 2. The Kier molecular flexibility index (Phi) is 3.13. The number of carbonyl (C=O) groups excluding carboxylic acids is 3. The van der Waals surface area contributed by atoms with Gasteiger partial charge in [0.25, 0.3) is 0 Å². The fourth-order valence-corrected chi connectivity index (χ4v) is 2.49. The molecule has 0 aliphatic heterocycles. The Morgan fingerprint density at radius 3 is 1.71 bits per heavy atom. The first-order valence-corrected chi connectivity index (χ1v) is 6.19. The molecular formula is C16H8N2O3. The van der Waals surface area contributed by atoms with Crippen molar-refractivity contribution in [2.45, 2.75) is 6.42 Å². The summed E-state index contributed by atoms with van der Waals surface area (Å²) in [5.41, 5.74) is 3.69. The quantitative estimate of drug-likeness (QED) is 0.533. The molecule has 21 heavy (non-hydrogen) atoms. The van der Waals surface area contributed by atoms with Crippen molar-refractivity contribution in [2.75, 3.05) is 0 Å². The van der Waals surface area contributed by atoms with Gasteiger partial charge in [0, 0.05) is 11.1 Å². The van der Waals surface area contributed by atoms with Gasteiger partial charge < -0.3 is 0 Å². The first-order valence-electron chi connectivity index (χ1n) is 6.19. The van der Waals surface area contributed by atoms with E-state index >= 15 is 0 Å². The van der Waals surface area contributed by atoms with Crippen molar-refractivity contribution < 1.29 is 14.4 Å². The molecule has 0 radical (unpaired) electrons. The Hall–Kier alpha value is -3.13. The highest BCUT2D eigenvalue weighted by Crippen LogP contribution is 2.31. The molecule has 0 amide bonds. The number of ketones is 1. The van der Waals surface area contributed by atoms with Crippen LogP contribution in [0.4, 0.5) is 11.4 Å². The first kappa shape index (κ1) is 12.9. The fourth-order valence-electron chi connectivity index (χ4n) is 2.49. The molecule has 100 valence electrons. The third kappa shape index (κ3) is 2.23. The predicted octanol–water partition coefficient (Wildman–Crippen LogP) is 2.76. The number of rotatable bonds is 2. The van der Waals surface area contributed by atoms with E-state index in [1.54, 1.807) is 36.4 Å². The molecule has 1 aliphatic carbocycles. The van der Waals surface area contributed by atoms with Crippen molar-refractivity contribution >= 4 is 29.3 Å². The normalized spacial score (nSPS) is 11.7. The van der Waals surface area contributed by atoms with Crippen LogP contribution in [0.5, 0.6) is 0 Å². The Bertz CT molecular complexity index is 788. The summed E-state index contributed by atoms with van der Waals surface area (Å²) in [7, 11) is 0. The minimum atomic E-state index is -0.0884. The van der Waals surface area contributed by atoms with Crippen molar-refractivity contribution in [1.82, 2.24) is 0 Å². The van der Waals surface area contributed by atoms with Gasteiger partial charge in [-0.1, -0.05) is 0 Å². The molecule has 2 aromatic rings. The third-order valence-corrected chi connectivity index (χ3v) is 3.40. The maximum Gasteiger partial charge on any atom is 0.240 e. The smallest absolute Gasteiger partial charge is 0.240 e. The van der Waals surface area contributed by atoms with Gasteiger partial charge in [0.15, 0.2) is 5.78 Å². The number of isocyanates is 2. The Labute approximate surface area is 119 Å². The van der Waals surface area contributed by atoms with Gasteiger partial charge in [0.1, 0.15) is 0 Å². The molecule has 2 aromatic carbocycles. The second-order valence-electron chi connectivity index (χ2n) is 4.59. The number of hydrogen-bond acceptors (Lipinski definition) is 5. The third-order valence-electron chi connectivity index (χ3n) is 3.40. The lowest BCUT2D eigenvalue weighted by Gasteiger charge is -2.18. The predicted molar refractivity (Wildman–Crippen MR) is 74.7 cm³/mol. The number of hydrogen-bond donors (Lipinski definition) is 0. The summed E-state index contributed by atoms with van der Waals surface area (Å²) >= 11 is 0. The van der Waals surface area contributed by atoms with Crippen LogP contribution in [0.1, 0.15) is 27.0 Å². The lowest BCUT2D eigenvalue weighted by molar-refractivity contribution is 0.103. The second-order valence-corrected chi connectivity index (χ2v) is 4.59. The Morgan fingerprint density at radius 1 is 0.810 bits per heavy atom. The van der Waals surface area contributed by atoms with Crippen molar-refractivity contribution in [3.8, 4) is 0 Å². The molecule has 5 nitrogen and oxygen atoms in total. The van der Waals surface area contributed by atoms with Gasteiger partial charge >= 0.3 is 0 Å². The van der Waals surface area contributed by atoms with Crippen LogP contribution in [-0.2, 0) is 16.0 Å². The van der Waals surface area contributed by atoms with E-state index < -0.39 is 0 Å². The molecule has 0 saturated heterocycles. The van der Waals surface area contributed by atoms with Gasteiger partial charge in [-0.15, -0.1) is 0 Å². The van der Waals surface area contributed by atoms with E-state index in [9.17, 15) is 14.4 Å². The minimum absolute atomic E-state index is 0.0884. The number of nitrogens with zero attached hydrogens (tertiary/aromatic N) is 2. The van der Waals surface area contributed by atoms with Gasteiger partial charge in [-0.25, -0.2) is 9.59 Å². The summed E-state index contributed by atoms with van der Waals surface area (Å²) in [4.78, 5) is 40.2. The molecule has 1 aliphatic rings. The van der Waals surface area contributed by atoms with Crippen LogP contribution in [0.2, 0.25) is 0 Å². The van der Waals surface area contributed by atoms with Crippen LogP contribution in [0.3, 0.4) is 0 Å². The molecule has 0 fully saturated rings. The number of fused-ring (bicyclic) bond motifs is 2. The first-order chi connectivity index (χ1) is 10.2. The van der Waals surface area contributed by atoms with E-state index in [0.29, 0.717) is 28.9 Å². The Morgan fingerprint density at radius 2 is 1.29 bits per heavy atom. The highest BCUT2D eigenvalue weighted by molar-refractivity contribution is 6.12. The van der Waals surface area contributed by atoms with E-state index in [2.05, 4.69) is 9.98 Å². The van der Waals surface area contributed by atoms with Crippen molar-refractivity contribution in [3.63, 3.8) is 0 Å². The zero-order valence-corrected chi connectivity index (χ0v) is 10.8. The molecule has 0 unspecified atom stereocenters.